The van der Waals surface area contributed by atoms with E-state index in [0.717, 1.165) is 6.26 Å². The van der Waals surface area contributed by atoms with Crippen molar-refractivity contribution in [2.75, 3.05) is 32.7 Å². The first-order chi connectivity index (χ1) is 6.51. The summed E-state index contributed by atoms with van der Waals surface area (Å²) in [5.41, 5.74) is 0. The predicted octanol–water partition coefficient (Wildman–Crippen LogP) is -2.30. The van der Waals surface area contributed by atoms with Crippen LogP contribution in [0.5, 0.6) is 0 Å². The number of sulfonamides is 1. The van der Waals surface area contributed by atoms with E-state index in [2.05, 4.69) is 15.0 Å². The number of aliphatic imine (C=N–C) groups is 1. The molecule has 0 saturated carbocycles. The van der Waals surface area contributed by atoms with Crippen molar-refractivity contribution in [1.29, 1.82) is 0 Å². The monoisotopic (exact) mass is 222 g/mol. The molecule has 0 amide bonds. The van der Waals surface area contributed by atoms with Gasteiger partial charge >= 0.3 is 0 Å². The zero-order valence-corrected chi connectivity index (χ0v) is 8.71. The van der Waals surface area contributed by atoms with Gasteiger partial charge in [-0.05, 0) is 0 Å². The van der Waals surface area contributed by atoms with Gasteiger partial charge in [0.2, 0.25) is 16.0 Å². The fourth-order valence-corrected chi connectivity index (χ4v) is 1.49. The Morgan fingerprint density at radius 1 is 1.71 bits per heavy atom. The lowest BCUT2D eigenvalue weighted by molar-refractivity contribution is 0.190. The normalized spacial score (nSPS) is 18.6. The lowest BCUT2D eigenvalue weighted by atomic mass is 10.6. The van der Waals surface area contributed by atoms with Gasteiger partial charge in [0.1, 0.15) is 0 Å². The first kappa shape index (κ1) is 11.2. The van der Waals surface area contributed by atoms with Crippen molar-refractivity contribution in [3.05, 3.63) is 0 Å². The predicted molar refractivity (Wildman–Crippen MR) is 52.1 cm³/mol. The second kappa shape index (κ2) is 4.58. The lowest BCUT2D eigenvalue weighted by Gasteiger charge is -2.25. The number of β-amino-alcohol motifs (C(OH)–C–C–N with tert-alkyl or cyclic N) is 1. The number of hydrogen-bond acceptors (Lipinski definition) is 6. The van der Waals surface area contributed by atoms with Crippen molar-refractivity contribution in [1.82, 2.24) is 14.9 Å². The Balaban J connectivity index is 2.45. The summed E-state index contributed by atoms with van der Waals surface area (Å²) in [6, 6.07) is 0. The topological polar surface area (TPSA) is 94.0 Å². The fourth-order valence-electron chi connectivity index (χ4n) is 0.998. The van der Waals surface area contributed by atoms with E-state index in [1.54, 1.807) is 0 Å². The zero-order chi connectivity index (χ0) is 10.6. The molecule has 7 nitrogen and oxygen atoms in total. The number of rotatable bonds is 3. The fraction of sp³-hybridized carbons (Fsp3) is 0.833. The quantitative estimate of drug-likeness (QED) is 0.499. The highest BCUT2D eigenvalue weighted by Crippen LogP contribution is 1.92. The molecule has 0 atom stereocenters. The molecular formula is C6H14N4O3S. The number of aliphatic hydroxyl groups excluding tert-OH is 1. The van der Waals surface area contributed by atoms with Crippen LogP contribution in [-0.2, 0) is 10.0 Å². The minimum Gasteiger partial charge on any atom is -0.395 e. The number of nitrogens with zero attached hydrogens (tertiary/aromatic N) is 2. The zero-order valence-electron chi connectivity index (χ0n) is 7.89. The van der Waals surface area contributed by atoms with Crippen LogP contribution < -0.4 is 10.0 Å². The molecule has 0 aromatic carbocycles. The van der Waals surface area contributed by atoms with Gasteiger partial charge in [0.05, 0.1) is 26.2 Å². The number of hydrogen-bond donors (Lipinski definition) is 3. The average molecular weight is 222 g/mol. The van der Waals surface area contributed by atoms with Crippen LogP contribution in [0, 0.1) is 0 Å². The minimum atomic E-state index is -3.26. The van der Waals surface area contributed by atoms with E-state index in [9.17, 15) is 8.42 Å². The molecule has 14 heavy (non-hydrogen) atoms. The van der Waals surface area contributed by atoms with Crippen LogP contribution in [0.3, 0.4) is 0 Å². The summed E-state index contributed by atoms with van der Waals surface area (Å²) in [6.45, 7) is 1.43. The molecule has 1 aliphatic rings. The third kappa shape index (κ3) is 3.90. The van der Waals surface area contributed by atoms with Gasteiger partial charge in [0.15, 0.2) is 0 Å². The molecule has 3 N–H and O–H groups in total. The Bertz CT molecular complexity index is 313. The van der Waals surface area contributed by atoms with Crippen LogP contribution in [0.4, 0.5) is 0 Å². The first-order valence-electron chi connectivity index (χ1n) is 4.10. The number of guanidine groups is 1. The van der Waals surface area contributed by atoms with Gasteiger partial charge in [0.25, 0.3) is 0 Å². The van der Waals surface area contributed by atoms with Crippen LogP contribution in [0.1, 0.15) is 0 Å². The minimum absolute atomic E-state index is 0.0615. The maximum atomic E-state index is 10.8. The van der Waals surface area contributed by atoms with Crippen LogP contribution in [0.25, 0.3) is 0 Å². The Kier molecular flexibility index (Phi) is 3.67. The van der Waals surface area contributed by atoms with Gasteiger partial charge in [-0.15, -0.1) is 0 Å². The van der Waals surface area contributed by atoms with Crippen LogP contribution >= 0.6 is 0 Å². The molecular weight excluding hydrogens is 208 g/mol. The summed E-state index contributed by atoms with van der Waals surface area (Å²) in [5, 5.41) is 11.4. The third-order valence-electron chi connectivity index (χ3n) is 1.60. The van der Waals surface area contributed by atoms with Crippen molar-refractivity contribution < 1.29 is 13.5 Å². The van der Waals surface area contributed by atoms with Gasteiger partial charge in [-0.25, -0.2) is 13.4 Å². The van der Waals surface area contributed by atoms with Gasteiger partial charge < -0.3 is 10.4 Å². The van der Waals surface area contributed by atoms with Crippen molar-refractivity contribution in [3.8, 4) is 0 Å². The van der Waals surface area contributed by atoms with Crippen molar-refractivity contribution in [2.24, 2.45) is 4.99 Å². The van der Waals surface area contributed by atoms with E-state index in [1.807, 2.05) is 4.90 Å². The van der Waals surface area contributed by atoms with Crippen LogP contribution in [-0.4, -0.2) is 57.1 Å². The molecule has 1 rings (SSSR count). The summed E-state index contributed by atoms with van der Waals surface area (Å²) in [5.74, 6) is 0.252. The van der Waals surface area contributed by atoms with Crippen molar-refractivity contribution in [2.45, 2.75) is 0 Å². The highest BCUT2D eigenvalue weighted by Gasteiger charge is 2.13. The van der Waals surface area contributed by atoms with Gasteiger partial charge in [-0.2, -0.15) is 0 Å². The summed E-state index contributed by atoms with van der Waals surface area (Å²) in [7, 11) is -3.26. The Hall–Kier alpha value is -0.860. The Labute approximate surface area is 82.9 Å². The van der Waals surface area contributed by atoms with Crippen LogP contribution in [0.15, 0.2) is 4.99 Å². The summed E-state index contributed by atoms with van der Waals surface area (Å²) < 4.78 is 23.9. The SMILES string of the molecule is CS(=O)(=O)NC1=NCN(CCO)CN1. The standard InChI is InChI=1S/C6H14N4O3S/c1-14(12,13)9-6-7-4-10(2-3-11)5-8-6/h11H,2-5H2,1H3,(H2,7,8,9). The van der Waals surface area contributed by atoms with Crippen molar-refractivity contribution >= 4 is 16.0 Å². The highest BCUT2D eigenvalue weighted by molar-refractivity contribution is 7.89. The molecule has 0 aliphatic carbocycles. The molecule has 0 aromatic heterocycles. The van der Waals surface area contributed by atoms with E-state index in [-0.39, 0.29) is 12.6 Å². The van der Waals surface area contributed by atoms with E-state index in [1.165, 1.54) is 0 Å². The van der Waals surface area contributed by atoms with Gasteiger partial charge in [0, 0.05) is 6.54 Å². The highest BCUT2D eigenvalue weighted by atomic mass is 32.2. The molecule has 8 heteroatoms. The Morgan fingerprint density at radius 2 is 2.43 bits per heavy atom. The number of nitrogens with one attached hydrogen (secondary N) is 2. The second-order valence-corrected chi connectivity index (χ2v) is 4.72. The molecule has 1 aliphatic heterocycles. The maximum absolute atomic E-state index is 10.8. The Morgan fingerprint density at radius 3 is 2.86 bits per heavy atom. The van der Waals surface area contributed by atoms with E-state index in [0.29, 0.717) is 19.9 Å². The molecule has 0 bridgehead atoms. The maximum Gasteiger partial charge on any atom is 0.232 e. The second-order valence-electron chi connectivity index (χ2n) is 2.98. The molecule has 0 unspecified atom stereocenters. The molecule has 0 spiro atoms. The number of aliphatic hydroxyl groups is 1. The summed E-state index contributed by atoms with van der Waals surface area (Å²) >= 11 is 0. The molecule has 82 valence electrons. The van der Waals surface area contributed by atoms with E-state index in [4.69, 9.17) is 5.11 Å². The van der Waals surface area contributed by atoms with Crippen molar-refractivity contribution in [3.63, 3.8) is 0 Å². The van der Waals surface area contributed by atoms with Crippen LogP contribution in [0.2, 0.25) is 0 Å². The van der Waals surface area contributed by atoms with Gasteiger partial charge in [-0.3, -0.25) is 9.62 Å². The molecule has 1 heterocycles. The van der Waals surface area contributed by atoms with E-state index >= 15 is 0 Å². The lowest BCUT2D eigenvalue weighted by Crippen LogP contribution is -2.50. The van der Waals surface area contributed by atoms with E-state index < -0.39 is 10.0 Å². The average Bonchev–Trinajstić information content (AvgIpc) is 2.06. The molecule has 0 fully saturated rings. The molecule has 0 saturated heterocycles. The summed E-state index contributed by atoms with van der Waals surface area (Å²) in [6.07, 6.45) is 1.07. The third-order valence-corrected chi connectivity index (χ3v) is 2.16. The smallest absolute Gasteiger partial charge is 0.232 e. The first-order valence-corrected chi connectivity index (χ1v) is 6.00. The molecule has 0 aromatic rings. The largest absolute Gasteiger partial charge is 0.395 e. The summed E-state index contributed by atoms with van der Waals surface area (Å²) in [4.78, 5) is 5.79. The molecule has 0 radical (unpaired) electrons. The van der Waals surface area contributed by atoms with Gasteiger partial charge in [-0.1, -0.05) is 0 Å².